The third-order valence-electron chi connectivity index (χ3n) is 2.39. The average molecular weight is 253 g/mol. The molecule has 0 radical (unpaired) electrons. The van der Waals surface area contributed by atoms with E-state index in [0.717, 1.165) is 0 Å². The first-order valence-corrected chi connectivity index (χ1v) is 11.6. The van der Waals surface area contributed by atoms with Crippen LogP contribution in [0.5, 0.6) is 0 Å². The second-order valence-electron chi connectivity index (χ2n) is 4.95. The van der Waals surface area contributed by atoms with Gasteiger partial charge in [0.25, 0.3) is 8.48 Å². The predicted molar refractivity (Wildman–Crippen MR) is 75.4 cm³/mol. The molecule has 16 heavy (non-hydrogen) atoms. The Labute approximate surface area is 102 Å². The topological polar surface area (TPSA) is 21.3 Å². The van der Waals surface area contributed by atoms with Crippen LogP contribution >= 0.6 is 0 Å². The molecule has 1 atom stereocenters. The summed E-state index contributed by atoms with van der Waals surface area (Å²) >= 11 is 0. The minimum atomic E-state index is -1.70. The smallest absolute Gasteiger partial charge is 0.252 e. The van der Waals surface area contributed by atoms with E-state index in [0.29, 0.717) is 6.04 Å². The highest BCUT2D eigenvalue weighted by Crippen LogP contribution is 2.15. The minimum Gasteiger partial charge on any atom is -0.447 e. The zero-order chi connectivity index (χ0) is 12.2. The molecule has 0 aliphatic carbocycles. The summed E-state index contributed by atoms with van der Waals surface area (Å²) < 4.78 is 6.10. The summed E-state index contributed by atoms with van der Waals surface area (Å²) in [5.41, 5.74) is 1.33. The molecule has 0 aliphatic heterocycles. The zero-order valence-electron chi connectivity index (χ0n) is 10.9. The van der Waals surface area contributed by atoms with E-state index >= 15 is 0 Å². The molecular weight excluding hydrogens is 230 g/mol. The molecule has 1 unspecified atom stereocenters. The summed E-state index contributed by atoms with van der Waals surface area (Å²) in [6.07, 6.45) is 0. The molecule has 0 heterocycles. The lowest BCUT2D eigenvalue weighted by Crippen LogP contribution is -2.51. The van der Waals surface area contributed by atoms with Crippen LogP contribution in [0.3, 0.4) is 0 Å². The fourth-order valence-electron chi connectivity index (χ4n) is 1.97. The van der Waals surface area contributed by atoms with E-state index in [9.17, 15) is 0 Å². The van der Waals surface area contributed by atoms with E-state index in [-0.39, 0.29) is 0 Å². The van der Waals surface area contributed by atoms with E-state index in [2.05, 4.69) is 68.4 Å². The molecule has 0 amide bonds. The maximum absolute atomic E-state index is 6.10. The molecule has 4 heteroatoms. The highest BCUT2D eigenvalue weighted by molar-refractivity contribution is 6.75. The summed E-state index contributed by atoms with van der Waals surface area (Å²) in [6, 6.07) is 10.9. The SMILES string of the molecule is CC(N[Si](C)(C)O[SiH](C)C)c1ccccc1. The number of rotatable bonds is 5. The molecule has 90 valence electrons. The molecule has 1 N–H and O–H groups in total. The first-order chi connectivity index (χ1) is 7.41. The van der Waals surface area contributed by atoms with Crippen LogP contribution in [0.2, 0.25) is 26.2 Å². The van der Waals surface area contributed by atoms with Gasteiger partial charge in [0.15, 0.2) is 9.04 Å². The maximum atomic E-state index is 6.10. The first-order valence-electron chi connectivity index (χ1n) is 5.91. The Morgan fingerprint density at radius 2 is 1.75 bits per heavy atom. The first kappa shape index (κ1) is 13.6. The average Bonchev–Trinajstić information content (AvgIpc) is 2.16. The van der Waals surface area contributed by atoms with Gasteiger partial charge in [0.2, 0.25) is 0 Å². The van der Waals surface area contributed by atoms with Crippen molar-refractivity contribution in [3.63, 3.8) is 0 Å². The molecular formula is C12H23NOSi2. The van der Waals surface area contributed by atoms with Crippen molar-refractivity contribution >= 4 is 17.5 Å². The van der Waals surface area contributed by atoms with Gasteiger partial charge in [-0.05, 0) is 38.7 Å². The van der Waals surface area contributed by atoms with Crippen molar-refractivity contribution in [1.29, 1.82) is 0 Å². The monoisotopic (exact) mass is 253 g/mol. The van der Waals surface area contributed by atoms with Crippen LogP contribution in [0, 0.1) is 0 Å². The van der Waals surface area contributed by atoms with E-state index in [4.69, 9.17) is 4.12 Å². The van der Waals surface area contributed by atoms with Gasteiger partial charge >= 0.3 is 0 Å². The van der Waals surface area contributed by atoms with E-state index < -0.39 is 17.5 Å². The summed E-state index contributed by atoms with van der Waals surface area (Å²) in [4.78, 5) is 3.66. The van der Waals surface area contributed by atoms with Gasteiger partial charge in [-0.2, -0.15) is 0 Å². The largest absolute Gasteiger partial charge is 0.447 e. The highest BCUT2D eigenvalue weighted by Gasteiger charge is 2.26. The molecule has 0 bridgehead atoms. The van der Waals surface area contributed by atoms with E-state index in [1.54, 1.807) is 0 Å². The van der Waals surface area contributed by atoms with Crippen molar-refractivity contribution in [2.24, 2.45) is 0 Å². The fraction of sp³-hybridized carbons (Fsp3) is 0.500. The van der Waals surface area contributed by atoms with Crippen molar-refractivity contribution < 1.29 is 4.12 Å². The quantitative estimate of drug-likeness (QED) is 0.815. The van der Waals surface area contributed by atoms with E-state index in [1.807, 2.05) is 0 Å². The number of hydrogen-bond donors (Lipinski definition) is 1. The van der Waals surface area contributed by atoms with Crippen molar-refractivity contribution in [3.05, 3.63) is 35.9 Å². The lowest BCUT2D eigenvalue weighted by atomic mass is 10.1. The Morgan fingerprint density at radius 3 is 2.25 bits per heavy atom. The summed E-state index contributed by atoms with van der Waals surface area (Å²) in [6.45, 7) is 11.1. The fourth-order valence-corrected chi connectivity index (χ4v) is 8.17. The van der Waals surface area contributed by atoms with Gasteiger partial charge in [-0.3, -0.25) is 0 Å². The third-order valence-corrected chi connectivity index (χ3v) is 7.76. The van der Waals surface area contributed by atoms with Crippen molar-refractivity contribution in [2.45, 2.75) is 39.2 Å². The van der Waals surface area contributed by atoms with Crippen LogP contribution in [0.4, 0.5) is 0 Å². The molecule has 1 rings (SSSR count). The van der Waals surface area contributed by atoms with Gasteiger partial charge in [0.05, 0.1) is 0 Å². The third kappa shape index (κ3) is 4.61. The second kappa shape index (κ2) is 5.77. The minimum absolute atomic E-state index is 0.371. The zero-order valence-corrected chi connectivity index (χ0v) is 13.1. The summed E-state index contributed by atoms with van der Waals surface area (Å²) in [7, 11) is -2.65. The molecule has 0 fully saturated rings. The Morgan fingerprint density at radius 1 is 1.19 bits per heavy atom. The van der Waals surface area contributed by atoms with Gasteiger partial charge in [0.1, 0.15) is 0 Å². The summed E-state index contributed by atoms with van der Waals surface area (Å²) in [5.74, 6) is 0. The van der Waals surface area contributed by atoms with Gasteiger partial charge in [-0.1, -0.05) is 30.3 Å². The van der Waals surface area contributed by atoms with Crippen molar-refractivity contribution in [3.8, 4) is 0 Å². The molecule has 0 aromatic heterocycles. The normalized spacial score (nSPS) is 14.1. The van der Waals surface area contributed by atoms with Gasteiger partial charge < -0.3 is 9.10 Å². The van der Waals surface area contributed by atoms with Crippen molar-refractivity contribution in [1.82, 2.24) is 4.98 Å². The van der Waals surface area contributed by atoms with Crippen LogP contribution in [0.25, 0.3) is 0 Å². The molecule has 0 saturated carbocycles. The number of hydrogen-bond acceptors (Lipinski definition) is 2. The summed E-state index contributed by atoms with van der Waals surface area (Å²) in [5, 5.41) is 0. The predicted octanol–water partition coefficient (Wildman–Crippen LogP) is 3.04. The van der Waals surface area contributed by atoms with Crippen LogP contribution in [-0.4, -0.2) is 17.5 Å². The van der Waals surface area contributed by atoms with Crippen LogP contribution in [0.15, 0.2) is 30.3 Å². The maximum Gasteiger partial charge on any atom is 0.252 e. The van der Waals surface area contributed by atoms with Gasteiger partial charge in [-0.25, -0.2) is 0 Å². The molecule has 1 aromatic carbocycles. The molecule has 0 saturated heterocycles. The molecule has 0 aliphatic rings. The number of nitrogens with one attached hydrogen (secondary N) is 1. The molecule has 0 spiro atoms. The van der Waals surface area contributed by atoms with Gasteiger partial charge in [-0.15, -0.1) is 0 Å². The Hall–Kier alpha value is -0.426. The standard InChI is InChI=1S/C12H23NOSi2/c1-11(12-9-7-6-8-10-12)13-16(4,5)14-15(2)3/h6-11,13,15H,1-5H3. The lowest BCUT2D eigenvalue weighted by molar-refractivity contribution is 0.524. The lowest BCUT2D eigenvalue weighted by Gasteiger charge is -2.30. The Bertz CT molecular complexity index is 314. The van der Waals surface area contributed by atoms with Crippen LogP contribution in [0.1, 0.15) is 18.5 Å². The van der Waals surface area contributed by atoms with E-state index in [1.165, 1.54) is 5.56 Å². The number of benzene rings is 1. The van der Waals surface area contributed by atoms with Gasteiger partial charge in [0, 0.05) is 6.04 Å². The highest BCUT2D eigenvalue weighted by atomic mass is 28.4. The Balaban J connectivity index is 2.60. The molecule has 2 nitrogen and oxygen atoms in total. The Kier molecular flexibility index (Phi) is 4.92. The second-order valence-corrected chi connectivity index (χ2v) is 11.3. The van der Waals surface area contributed by atoms with Crippen molar-refractivity contribution in [2.75, 3.05) is 0 Å². The van der Waals surface area contributed by atoms with Crippen LogP contribution in [-0.2, 0) is 4.12 Å². The van der Waals surface area contributed by atoms with Crippen LogP contribution < -0.4 is 4.98 Å². The molecule has 1 aromatic rings.